The Hall–Kier alpha value is -0.430. The Morgan fingerprint density at radius 3 is 2.17 bits per heavy atom. The predicted molar refractivity (Wildman–Crippen MR) is 58.1 cm³/mol. The van der Waals surface area contributed by atoms with Crippen LogP contribution in [0.5, 0.6) is 0 Å². The highest BCUT2D eigenvalue weighted by Gasteiger charge is 1.97. The second kappa shape index (κ2) is 4.56. The van der Waals surface area contributed by atoms with Crippen LogP contribution in [-0.4, -0.2) is 5.75 Å². The maximum atomic E-state index is 4.20. The summed E-state index contributed by atoms with van der Waals surface area (Å²) in [5.74, 6) is 1.57. The van der Waals surface area contributed by atoms with Crippen molar-refractivity contribution in [2.24, 2.45) is 0 Å². The molecule has 0 heterocycles. The summed E-state index contributed by atoms with van der Waals surface area (Å²) in [7, 11) is 0. The highest BCUT2D eigenvalue weighted by atomic mass is 32.1. The third kappa shape index (κ3) is 2.56. The summed E-state index contributed by atoms with van der Waals surface area (Å²) in [6, 6.07) is 8.82. The summed E-state index contributed by atoms with van der Waals surface area (Å²) < 4.78 is 0. The number of benzene rings is 1. The minimum atomic E-state index is 0.634. The lowest BCUT2D eigenvalue weighted by atomic mass is 10.0. The van der Waals surface area contributed by atoms with Crippen molar-refractivity contribution in [1.82, 2.24) is 0 Å². The van der Waals surface area contributed by atoms with Crippen LogP contribution in [0.25, 0.3) is 0 Å². The maximum Gasteiger partial charge on any atom is -0.00574 e. The fraction of sp³-hybridized carbons (Fsp3) is 0.455. The Balaban J connectivity index is 2.71. The zero-order valence-corrected chi connectivity index (χ0v) is 8.64. The zero-order valence-electron chi connectivity index (χ0n) is 7.75. The summed E-state index contributed by atoms with van der Waals surface area (Å²) in [5.41, 5.74) is 2.80. The molecule has 1 aromatic carbocycles. The van der Waals surface area contributed by atoms with Gasteiger partial charge in [-0.25, -0.2) is 0 Å². The van der Waals surface area contributed by atoms with E-state index in [1.165, 1.54) is 11.1 Å². The lowest BCUT2D eigenvalue weighted by molar-refractivity contribution is 0.865. The molecule has 0 aromatic heterocycles. The molecule has 1 rings (SSSR count). The van der Waals surface area contributed by atoms with Crippen LogP contribution in [0.1, 0.15) is 30.9 Å². The van der Waals surface area contributed by atoms with Gasteiger partial charge in [-0.3, -0.25) is 0 Å². The first-order chi connectivity index (χ1) is 5.74. The van der Waals surface area contributed by atoms with Crippen molar-refractivity contribution in [2.45, 2.75) is 26.2 Å². The Kier molecular flexibility index (Phi) is 3.67. The third-order valence-corrected chi connectivity index (χ3v) is 2.27. The molecule has 0 saturated carbocycles. The van der Waals surface area contributed by atoms with Gasteiger partial charge >= 0.3 is 0 Å². The molecule has 0 fully saturated rings. The van der Waals surface area contributed by atoms with E-state index in [4.69, 9.17) is 0 Å². The molecule has 1 heteroatoms. The molecule has 0 aliphatic heterocycles. The number of rotatable bonds is 3. The largest absolute Gasteiger partial charge is 0.179 e. The predicted octanol–water partition coefficient (Wildman–Crippen LogP) is 3.28. The summed E-state index contributed by atoms with van der Waals surface area (Å²) in [5, 5.41) is 0. The highest BCUT2D eigenvalue weighted by Crippen LogP contribution is 2.14. The van der Waals surface area contributed by atoms with Crippen LogP contribution in [-0.2, 0) is 6.42 Å². The molecule has 0 bridgehead atoms. The third-order valence-electron chi connectivity index (χ3n) is 2.05. The molecule has 1 aromatic rings. The lowest BCUT2D eigenvalue weighted by Gasteiger charge is -2.05. The molecule has 12 heavy (non-hydrogen) atoms. The second-order valence-corrected chi connectivity index (χ2v) is 3.82. The molecular weight excluding hydrogens is 164 g/mol. The highest BCUT2D eigenvalue weighted by molar-refractivity contribution is 7.80. The minimum Gasteiger partial charge on any atom is -0.179 e. The second-order valence-electron chi connectivity index (χ2n) is 3.37. The van der Waals surface area contributed by atoms with E-state index in [-0.39, 0.29) is 0 Å². The van der Waals surface area contributed by atoms with Crippen molar-refractivity contribution >= 4 is 12.6 Å². The van der Waals surface area contributed by atoms with E-state index in [0.717, 1.165) is 12.2 Å². The molecule has 0 spiro atoms. The van der Waals surface area contributed by atoms with Gasteiger partial charge in [-0.05, 0) is 29.2 Å². The summed E-state index contributed by atoms with van der Waals surface area (Å²) in [6.45, 7) is 4.43. The Labute approximate surface area is 80.4 Å². The molecule has 0 N–H and O–H groups in total. The van der Waals surface area contributed by atoms with Gasteiger partial charge < -0.3 is 0 Å². The molecule has 0 atom stereocenters. The topological polar surface area (TPSA) is 0 Å². The molecule has 0 radical (unpaired) electrons. The van der Waals surface area contributed by atoms with Gasteiger partial charge in [0.25, 0.3) is 0 Å². The van der Waals surface area contributed by atoms with Gasteiger partial charge in [0.05, 0.1) is 0 Å². The molecular formula is C11H16S. The fourth-order valence-corrected chi connectivity index (χ4v) is 1.46. The van der Waals surface area contributed by atoms with Gasteiger partial charge in [0.15, 0.2) is 0 Å². The van der Waals surface area contributed by atoms with Crippen molar-refractivity contribution in [3.05, 3.63) is 35.4 Å². The maximum absolute atomic E-state index is 4.20. The molecule has 66 valence electrons. The zero-order chi connectivity index (χ0) is 8.97. The number of aryl methyl sites for hydroxylation is 1. The molecule has 0 aliphatic carbocycles. The van der Waals surface area contributed by atoms with E-state index in [9.17, 15) is 0 Å². The standard InChI is InChI=1S/C11H16S/c1-9(2)11-5-3-10(4-6-11)7-8-12/h3-6,9,12H,7-8H2,1-2H3. The Bertz CT molecular complexity index is 223. The van der Waals surface area contributed by atoms with Crippen LogP contribution in [0, 0.1) is 0 Å². The summed E-state index contributed by atoms with van der Waals surface area (Å²) in [4.78, 5) is 0. The van der Waals surface area contributed by atoms with Gasteiger partial charge in [-0.2, -0.15) is 12.6 Å². The Morgan fingerprint density at radius 2 is 1.75 bits per heavy atom. The van der Waals surface area contributed by atoms with Gasteiger partial charge in [0, 0.05) is 0 Å². The van der Waals surface area contributed by atoms with Crippen molar-refractivity contribution < 1.29 is 0 Å². The summed E-state index contributed by atoms with van der Waals surface area (Å²) >= 11 is 4.20. The number of hydrogen-bond donors (Lipinski definition) is 1. The first-order valence-electron chi connectivity index (χ1n) is 4.43. The monoisotopic (exact) mass is 180 g/mol. The van der Waals surface area contributed by atoms with E-state index >= 15 is 0 Å². The van der Waals surface area contributed by atoms with E-state index < -0.39 is 0 Å². The molecule has 0 amide bonds. The van der Waals surface area contributed by atoms with Crippen LogP contribution < -0.4 is 0 Å². The van der Waals surface area contributed by atoms with E-state index in [1.807, 2.05) is 0 Å². The quantitative estimate of drug-likeness (QED) is 0.678. The molecule has 0 aliphatic rings. The van der Waals surface area contributed by atoms with Crippen LogP contribution >= 0.6 is 12.6 Å². The van der Waals surface area contributed by atoms with Gasteiger partial charge in [-0.1, -0.05) is 38.1 Å². The van der Waals surface area contributed by atoms with E-state index in [2.05, 4.69) is 50.7 Å². The van der Waals surface area contributed by atoms with Crippen molar-refractivity contribution in [3.8, 4) is 0 Å². The van der Waals surface area contributed by atoms with Crippen LogP contribution in [0.2, 0.25) is 0 Å². The lowest BCUT2D eigenvalue weighted by Crippen LogP contribution is -1.89. The molecule has 0 nitrogen and oxygen atoms in total. The van der Waals surface area contributed by atoms with Crippen LogP contribution in [0.15, 0.2) is 24.3 Å². The first-order valence-corrected chi connectivity index (χ1v) is 5.07. The van der Waals surface area contributed by atoms with Gasteiger partial charge in [0.2, 0.25) is 0 Å². The number of thiol groups is 1. The smallest absolute Gasteiger partial charge is 0.00574 e. The normalized spacial score (nSPS) is 10.7. The van der Waals surface area contributed by atoms with Crippen molar-refractivity contribution in [2.75, 3.05) is 5.75 Å². The summed E-state index contributed by atoms with van der Waals surface area (Å²) in [6.07, 6.45) is 1.07. The van der Waals surface area contributed by atoms with Gasteiger partial charge in [0.1, 0.15) is 0 Å². The van der Waals surface area contributed by atoms with E-state index in [0.29, 0.717) is 5.92 Å². The van der Waals surface area contributed by atoms with E-state index in [1.54, 1.807) is 0 Å². The SMILES string of the molecule is CC(C)c1ccc(CCS)cc1. The first kappa shape index (κ1) is 9.66. The van der Waals surface area contributed by atoms with Crippen molar-refractivity contribution in [3.63, 3.8) is 0 Å². The molecule has 0 unspecified atom stereocenters. The van der Waals surface area contributed by atoms with Crippen molar-refractivity contribution in [1.29, 1.82) is 0 Å². The Morgan fingerprint density at radius 1 is 1.17 bits per heavy atom. The fourth-order valence-electron chi connectivity index (χ4n) is 1.20. The average molecular weight is 180 g/mol. The van der Waals surface area contributed by atoms with Crippen LogP contribution in [0.3, 0.4) is 0 Å². The number of hydrogen-bond acceptors (Lipinski definition) is 1. The minimum absolute atomic E-state index is 0.634. The van der Waals surface area contributed by atoms with Gasteiger partial charge in [-0.15, -0.1) is 0 Å². The molecule has 0 saturated heterocycles. The average Bonchev–Trinajstić information content (AvgIpc) is 2.06. The van der Waals surface area contributed by atoms with Crippen LogP contribution in [0.4, 0.5) is 0 Å².